The van der Waals surface area contributed by atoms with Gasteiger partial charge >= 0.3 is 6.09 Å². The Labute approximate surface area is 137 Å². The van der Waals surface area contributed by atoms with Crippen LogP contribution in [0, 0.1) is 5.82 Å². The molecule has 0 bridgehead atoms. The minimum absolute atomic E-state index is 0.230. The van der Waals surface area contributed by atoms with E-state index in [4.69, 9.17) is 10.2 Å². The van der Waals surface area contributed by atoms with Gasteiger partial charge in [0.05, 0.1) is 10.5 Å². The minimum atomic E-state index is -4.05. The van der Waals surface area contributed by atoms with Crippen molar-refractivity contribution in [2.75, 3.05) is 26.2 Å². The fraction of sp³-hybridized carbons (Fsp3) is 0.286. The Morgan fingerprint density at radius 1 is 1.08 bits per heavy atom. The molecule has 2 aliphatic rings. The molecule has 1 aromatic rings. The maximum atomic E-state index is 14.1. The second-order valence-corrected chi connectivity index (χ2v) is 7.26. The zero-order chi connectivity index (χ0) is 17.6. The summed E-state index contributed by atoms with van der Waals surface area (Å²) in [6.07, 6.45) is -1.02. The number of nitrogens with two attached hydrogens (primary N) is 1. The molecule has 0 saturated heterocycles. The third-order valence-corrected chi connectivity index (χ3v) is 5.00. The number of halogens is 1. The van der Waals surface area contributed by atoms with Gasteiger partial charge in [0, 0.05) is 26.2 Å². The molecule has 0 saturated carbocycles. The Kier molecular flexibility index (Phi) is 3.80. The highest BCUT2D eigenvalue weighted by Gasteiger charge is 2.34. The van der Waals surface area contributed by atoms with Crippen LogP contribution in [0.4, 0.5) is 9.18 Å². The lowest BCUT2D eigenvalue weighted by Crippen LogP contribution is -2.36. The van der Waals surface area contributed by atoms with Crippen molar-refractivity contribution in [1.82, 2.24) is 9.80 Å². The third-order valence-electron chi connectivity index (χ3n) is 4.08. The molecule has 0 spiro atoms. The normalized spacial score (nSPS) is 17.4. The number of carboxylic acid groups (broad SMARTS) is 1. The quantitative estimate of drug-likeness (QED) is 0.735. The first-order chi connectivity index (χ1) is 11.2. The number of hydrogen-bond donors (Lipinski definition) is 2. The fourth-order valence-electron chi connectivity index (χ4n) is 2.88. The van der Waals surface area contributed by atoms with Crippen LogP contribution >= 0.6 is 0 Å². The summed E-state index contributed by atoms with van der Waals surface area (Å²) in [6, 6.07) is 2.88. The van der Waals surface area contributed by atoms with Crippen LogP contribution in [0.15, 0.2) is 34.2 Å². The number of hydrogen-bond acceptors (Lipinski definition) is 4. The van der Waals surface area contributed by atoms with Gasteiger partial charge in [-0.25, -0.2) is 22.7 Å². The summed E-state index contributed by atoms with van der Waals surface area (Å²) >= 11 is 0. The van der Waals surface area contributed by atoms with Crippen molar-refractivity contribution < 1.29 is 27.5 Å². The van der Waals surface area contributed by atoms with Gasteiger partial charge < -0.3 is 14.9 Å². The molecule has 2 amide bonds. The molecule has 0 atom stereocenters. The second kappa shape index (κ2) is 5.56. The Balaban J connectivity index is 1.75. The molecule has 0 aliphatic carbocycles. The first-order valence-corrected chi connectivity index (χ1v) is 8.50. The van der Waals surface area contributed by atoms with Gasteiger partial charge in [0.2, 0.25) is 10.0 Å². The second-order valence-electron chi connectivity index (χ2n) is 5.69. The fourth-order valence-corrected chi connectivity index (χ4v) is 3.40. The summed E-state index contributed by atoms with van der Waals surface area (Å²) in [5, 5.41) is 13.9. The summed E-state index contributed by atoms with van der Waals surface area (Å²) in [6.45, 7) is 0.936. The molecule has 0 aromatic heterocycles. The highest BCUT2D eigenvalue weighted by atomic mass is 32.2. The van der Waals surface area contributed by atoms with Crippen LogP contribution in [0.5, 0.6) is 0 Å². The maximum absolute atomic E-state index is 14.1. The van der Waals surface area contributed by atoms with Crippen LogP contribution < -0.4 is 5.14 Å². The first kappa shape index (κ1) is 16.4. The molecule has 3 N–H and O–H groups in total. The maximum Gasteiger partial charge on any atom is 0.407 e. The van der Waals surface area contributed by atoms with E-state index in [2.05, 4.69) is 0 Å². The Morgan fingerprint density at radius 3 is 2.08 bits per heavy atom. The minimum Gasteiger partial charge on any atom is -0.465 e. The van der Waals surface area contributed by atoms with Gasteiger partial charge in [-0.1, -0.05) is 0 Å². The lowest BCUT2D eigenvalue weighted by atomic mass is 10.2. The number of amides is 2. The third kappa shape index (κ3) is 2.85. The molecule has 0 unspecified atom stereocenters. The molecule has 0 fully saturated rings. The number of rotatable bonds is 2. The highest BCUT2D eigenvalue weighted by molar-refractivity contribution is 7.89. The standard InChI is InChI=1S/C14H14FN3O5S/c15-12-3-10(24(16,22)23)1-2-11(12)13(19)17-4-8-6-18(14(20)21)7-9(8)5-17/h1-3H,4-7H2,(H,20,21)(H2,16,22,23). The molecular weight excluding hydrogens is 341 g/mol. The predicted molar refractivity (Wildman–Crippen MR) is 80.3 cm³/mol. The van der Waals surface area contributed by atoms with Crippen molar-refractivity contribution in [2.45, 2.75) is 4.90 Å². The summed E-state index contributed by atoms with van der Waals surface area (Å²) in [5.41, 5.74) is 1.43. The van der Waals surface area contributed by atoms with Crippen LogP contribution in [0.2, 0.25) is 0 Å². The number of primary sulfonamides is 1. The number of carbonyl (C=O) groups is 2. The summed E-state index contributed by atoms with van der Waals surface area (Å²) in [4.78, 5) is 25.6. The van der Waals surface area contributed by atoms with Gasteiger partial charge in [0.1, 0.15) is 5.82 Å². The highest BCUT2D eigenvalue weighted by Crippen LogP contribution is 2.27. The van der Waals surface area contributed by atoms with Crippen LogP contribution in [0.1, 0.15) is 10.4 Å². The molecule has 0 radical (unpaired) electrons. The van der Waals surface area contributed by atoms with Crippen molar-refractivity contribution in [1.29, 1.82) is 0 Å². The van der Waals surface area contributed by atoms with Gasteiger partial charge in [-0.3, -0.25) is 4.79 Å². The number of benzene rings is 1. The Hall–Kier alpha value is -2.46. The van der Waals surface area contributed by atoms with Crippen molar-refractivity contribution in [3.63, 3.8) is 0 Å². The van der Waals surface area contributed by atoms with E-state index in [0.29, 0.717) is 6.07 Å². The predicted octanol–water partition coefficient (Wildman–Crippen LogP) is 0.219. The van der Waals surface area contributed by atoms with Gasteiger partial charge in [-0.2, -0.15) is 0 Å². The van der Waals surface area contributed by atoms with Gasteiger partial charge in [-0.05, 0) is 29.3 Å². The summed E-state index contributed by atoms with van der Waals surface area (Å²) in [5.74, 6) is -1.55. The van der Waals surface area contributed by atoms with Crippen LogP contribution in [0.25, 0.3) is 0 Å². The van der Waals surface area contributed by atoms with Crippen LogP contribution in [-0.2, 0) is 10.0 Å². The molecule has 2 heterocycles. The van der Waals surface area contributed by atoms with E-state index < -0.39 is 32.7 Å². The molecule has 128 valence electrons. The average molecular weight is 355 g/mol. The van der Waals surface area contributed by atoms with Gasteiger partial charge in [0.15, 0.2) is 0 Å². The van der Waals surface area contributed by atoms with E-state index >= 15 is 0 Å². The SMILES string of the molecule is NS(=O)(=O)c1ccc(C(=O)N2CC3=C(CN(C(=O)O)C3)C2)c(F)c1. The lowest BCUT2D eigenvalue weighted by molar-refractivity contribution is 0.0786. The number of sulfonamides is 1. The van der Waals surface area contributed by atoms with E-state index in [1.54, 1.807) is 0 Å². The topological polar surface area (TPSA) is 121 Å². The zero-order valence-corrected chi connectivity index (χ0v) is 13.2. The lowest BCUT2D eigenvalue weighted by Gasteiger charge is -2.21. The van der Waals surface area contributed by atoms with Crippen molar-refractivity contribution in [2.24, 2.45) is 5.14 Å². The molecular formula is C14H14FN3O5S. The molecule has 10 heteroatoms. The summed E-state index contributed by atoms with van der Waals surface area (Å²) in [7, 11) is -4.05. The molecule has 1 aromatic carbocycles. The number of carbonyl (C=O) groups excluding carboxylic acids is 1. The van der Waals surface area contributed by atoms with E-state index in [0.717, 1.165) is 23.3 Å². The van der Waals surface area contributed by atoms with Crippen molar-refractivity contribution in [3.05, 3.63) is 40.7 Å². The van der Waals surface area contributed by atoms with Crippen molar-refractivity contribution in [3.8, 4) is 0 Å². The monoisotopic (exact) mass is 355 g/mol. The van der Waals surface area contributed by atoms with Crippen LogP contribution in [-0.4, -0.2) is 61.5 Å². The van der Waals surface area contributed by atoms with Gasteiger partial charge in [-0.15, -0.1) is 0 Å². The number of nitrogens with zero attached hydrogens (tertiary/aromatic N) is 2. The first-order valence-electron chi connectivity index (χ1n) is 6.96. The van der Waals surface area contributed by atoms with Crippen LogP contribution in [0.3, 0.4) is 0 Å². The Morgan fingerprint density at radius 2 is 1.62 bits per heavy atom. The molecule has 3 rings (SSSR count). The molecule has 8 nitrogen and oxygen atoms in total. The van der Waals surface area contributed by atoms with E-state index in [1.165, 1.54) is 9.80 Å². The van der Waals surface area contributed by atoms with E-state index in [9.17, 15) is 22.4 Å². The largest absolute Gasteiger partial charge is 0.465 e. The Bertz CT molecular complexity index is 862. The molecule has 2 aliphatic heterocycles. The van der Waals surface area contributed by atoms with Gasteiger partial charge in [0.25, 0.3) is 5.91 Å². The summed E-state index contributed by atoms with van der Waals surface area (Å²) < 4.78 is 36.5. The van der Waals surface area contributed by atoms with Crippen molar-refractivity contribution >= 4 is 22.0 Å². The van der Waals surface area contributed by atoms with E-state index in [1.807, 2.05) is 0 Å². The smallest absolute Gasteiger partial charge is 0.407 e. The van der Waals surface area contributed by atoms with E-state index in [-0.39, 0.29) is 31.7 Å². The zero-order valence-electron chi connectivity index (χ0n) is 12.4. The average Bonchev–Trinajstić information content (AvgIpc) is 3.03. The molecule has 24 heavy (non-hydrogen) atoms.